The summed E-state index contributed by atoms with van der Waals surface area (Å²) in [5.74, 6) is -1.78. The number of nitrogens with one attached hydrogen (secondary N) is 1. The van der Waals surface area contributed by atoms with Crippen molar-refractivity contribution in [1.82, 2.24) is 9.55 Å². The minimum atomic E-state index is -4.42. The predicted octanol–water partition coefficient (Wildman–Crippen LogP) is 2.92. The van der Waals surface area contributed by atoms with Crippen molar-refractivity contribution in [3.8, 4) is 0 Å². The van der Waals surface area contributed by atoms with Crippen LogP contribution in [0.1, 0.15) is 37.2 Å². The minimum absolute atomic E-state index is 0.0514. The third-order valence-electron chi connectivity index (χ3n) is 6.77. The fraction of sp³-hybridized carbons (Fsp3) is 0.538. The molecule has 0 radical (unpaired) electrons. The van der Waals surface area contributed by atoms with E-state index >= 15 is 0 Å². The number of phosphoric ester groups is 1. The molecule has 2 aliphatic rings. The zero-order valence-electron chi connectivity index (χ0n) is 24.6. The Labute approximate surface area is 266 Å². The smallest absolute Gasteiger partial charge is 0.455 e. The first-order valence-corrected chi connectivity index (χ1v) is 15.6. The van der Waals surface area contributed by atoms with E-state index in [4.69, 9.17) is 48.9 Å². The van der Waals surface area contributed by atoms with E-state index in [1.165, 1.54) is 14.2 Å². The summed E-state index contributed by atoms with van der Waals surface area (Å²) in [5, 5.41) is 4.10. The monoisotopic (exact) mass is 687 g/mol. The maximum atomic E-state index is 13.7. The molecular weight excluding hydrogens is 657 g/mol. The van der Waals surface area contributed by atoms with Gasteiger partial charge in [-0.15, -0.1) is 0 Å². The van der Waals surface area contributed by atoms with Gasteiger partial charge in [-0.1, -0.05) is 28.8 Å². The number of rotatable bonds is 14. The molecule has 20 heteroatoms. The van der Waals surface area contributed by atoms with Gasteiger partial charge < -0.3 is 23.7 Å². The number of hydrogen-bond acceptors (Lipinski definition) is 14. The third-order valence-corrected chi connectivity index (χ3v) is 8.46. The summed E-state index contributed by atoms with van der Waals surface area (Å²) in [6, 6.07) is 7.64. The van der Waals surface area contributed by atoms with Gasteiger partial charge in [0.2, 0.25) is 5.72 Å². The lowest BCUT2D eigenvalue weighted by molar-refractivity contribution is -0.174. The van der Waals surface area contributed by atoms with Gasteiger partial charge in [0.25, 0.3) is 5.56 Å². The highest BCUT2D eigenvalue weighted by molar-refractivity contribution is 7.48. The summed E-state index contributed by atoms with van der Waals surface area (Å²) < 4.78 is 58.3. The van der Waals surface area contributed by atoms with Gasteiger partial charge in [-0.25, -0.2) is 9.36 Å². The Bertz CT molecular complexity index is 1610. The van der Waals surface area contributed by atoms with Gasteiger partial charge >= 0.3 is 25.5 Å². The van der Waals surface area contributed by atoms with Crippen LogP contribution in [-0.2, 0) is 51.4 Å². The van der Waals surface area contributed by atoms with Gasteiger partial charge in [-0.2, -0.15) is 0 Å². The zero-order chi connectivity index (χ0) is 33.3. The number of carbonyl (C=O) groups is 2. The van der Waals surface area contributed by atoms with Gasteiger partial charge in [0.1, 0.15) is 0 Å². The van der Waals surface area contributed by atoms with Gasteiger partial charge in [-0.3, -0.25) is 37.5 Å². The Balaban J connectivity index is 1.73. The fourth-order valence-corrected chi connectivity index (χ4v) is 6.24. The number of ether oxygens (including phenoxy) is 5. The first-order valence-electron chi connectivity index (χ1n) is 13.8. The average Bonchev–Trinajstić information content (AvgIpc) is 3.30. The second-order valence-corrected chi connectivity index (χ2v) is 12.0. The number of methoxy groups -OCH3 is 2. The van der Waals surface area contributed by atoms with Crippen LogP contribution in [0.5, 0.6) is 0 Å². The zero-order valence-corrected chi connectivity index (χ0v) is 26.3. The van der Waals surface area contributed by atoms with E-state index in [9.17, 15) is 29.3 Å². The molecule has 250 valence electrons. The second kappa shape index (κ2) is 15.8. The van der Waals surface area contributed by atoms with Crippen molar-refractivity contribution in [3.05, 3.63) is 78.4 Å². The number of aromatic nitrogens is 2. The first-order chi connectivity index (χ1) is 22.0. The molecule has 2 aliphatic heterocycles. The van der Waals surface area contributed by atoms with Crippen molar-refractivity contribution in [2.75, 3.05) is 40.6 Å². The van der Waals surface area contributed by atoms with Crippen molar-refractivity contribution in [3.63, 3.8) is 0 Å². The first kappa shape index (κ1) is 35.3. The van der Waals surface area contributed by atoms with Gasteiger partial charge in [0.05, 0.1) is 45.4 Å². The van der Waals surface area contributed by atoms with Crippen LogP contribution in [0, 0.1) is 0 Å². The predicted molar refractivity (Wildman–Crippen MR) is 155 cm³/mol. The normalized spacial score (nSPS) is 27.5. The number of nitrogens with zero attached hydrogens (tertiary/aromatic N) is 4. The number of hydrogen-bond donors (Lipinski definition) is 1. The maximum Gasteiger partial charge on any atom is 0.475 e. The van der Waals surface area contributed by atoms with Crippen molar-refractivity contribution in [2.24, 2.45) is 5.11 Å². The van der Waals surface area contributed by atoms with E-state index in [0.29, 0.717) is 17.0 Å². The molecule has 0 amide bonds. The highest BCUT2D eigenvalue weighted by atomic mass is 35.5. The summed E-state index contributed by atoms with van der Waals surface area (Å²) in [6.07, 6.45) is -5.14. The lowest BCUT2D eigenvalue weighted by atomic mass is 10.0. The molecule has 1 aromatic heterocycles. The molecule has 46 heavy (non-hydrogen) atoms. The summed E-state index contributed by atoms with van der Waals surface area (Å²) in [4.78, 5) is 55.2. The molecule has 1 N–H and O–H groups in total. The minimum Gasteiger partial charge on any atom is -0.455 e. The van der Waals surface area contributed by atoms with E-state index in [1.54, 1.807) is 24.3 Å². The summed E-state index contributed by atoms with van der Waals surface area (Å²) >= 11 is 6.10. The Morgan fingerprint density at radius 1 is 1.17 bits per heavy atom. The van der Waals surface area contributed by atoms with Crippen LogP contribution < -0.4 is 11.2 Å². The van der Waals surface area contributed by atoms with Crippen LogP contribution in [-0.4, -0.2) is 80.1 Å². The van der Waals surface area contributed by atoms with Crippen LogP contribution in [0.2, 0.25) is 5.02 Å². The SMILES string of the molecule is COCCC(=O)O[C@H]1[C@H](n2ccc(=O)[nH]c2=O)O[C@@](CO[P@@]2(=O)OCC[C@@H](c3cccc(Cl)c3)O2)(N=[N+]=[N-])[C@H]1OC(=O)CCOC. The van der Waals surface area contributed by atoms with Crippen LogP contribution >= 0.6 is 19.4 Å². The van der Waals surface area contributed by atoms with Crippen LogP contribution in [0.15, 0.2) is 51.2 Å². The Hall–Kier alpha value is -3.57. The number of benzene rings is 1. The van der Waals surface area contributed by atoms with E-state index in [0.717, 1.165) is 16.8 Å². The number of azide groups is 1. The van der Waals surface area contributed by atoms with Crippen LogP contribution in [0.25, 0.3) is 10.4 Å². The third kappa shape index (κ3) is 8.61. The fourth-order valence-electron chi connectivity index (χ4n) is 4.64. The molecule has 1 aromatic carbocycles. The van der Waals surface area contributed by atoms with Crippen molar-refractivity contribution in [2.45, 2.75) is 49.5 Å². The van der Waals surface area contributed by atoms with E-state index in [-0.39, 0.29) is 32.7 Å². The molecule has 4 rings (SSSR count). The van der Waals surface area contributed by atoms with Crippen molar-refractivity contribution >= 4 is 31.4 Å². The van der Waals surface area contributed by atoms with Gasteiger partial charge in [0, 0.05) is 42.8 Å². The summed E-state index contributed by atoms with van der Waals surface area (Å²) in [7, 11) is -1.72. The average molecular weight is 688 g/mol. The largest absolute Gasteiger partial charge is 0.475 e. The number of carbonyl (C=O) groups excluding carboxylic acids is 2. The molecule has 2 fully saturated rings. The molecule has 0 bridgehead atoms. The molecule has 0 unspecified atom stereocenters. The number of H-pyrrole nitrogens is 1. The highest BCUT2D eigenvalue weighted by Crippen LogP contribution is 2.58. The number of aromatic amines is 1. The van der Waals surface area contributed by atoms with Gasteiger partial charge in [0.15, 0.2) is 18.4 Å². The van der Waals surface area contributed by atoms with Crippen LogP contribution in [0.4, 0.5) is 0 Å². The summed E-state index contributed by atoms with van der Waals surface area (Å²) in [5.41, 5.74) is 6.01. The lowest BCUT2D eigenvalue weighted by Crippen LogP contribution is -2.49. The molecule has 0 saturated carbocycles. The number of phosphoric acid groups is 1. The molecule has 0 aliphatic carbocycles. The van der Waals surface area contributed by atoms with E-state index in [2.05, 4.69) is 10.0 Å². The van der Waals surface area contributed by atoms with Crippen LogP contribution in [0.3, 0.4) is 0 Å². The molecule has 6 atom stereocenters. The van der Waals surface area contributed by atoms with E-state index in [1.807, 2.05) is 4.98 Å². The second-order valence-electron chi connectivity index (χ2n) is 9.90. The molecule has 3 heterocycles. The van der Waals surface area contributed by atoms with E-state index < -0.39 is 67.9 Å². The number of halogens is 1. The Morgan fingerprint density at radius 2 is 1.89 bits per heavy atom. The van der Waals surface area contributed by atoms with Gasteiger partial charge in [-0.05, 0) is 23.2 Å². The quantitative estimate of drug-likeness (QED) is 0.0991. The highest BCUT2D eigenvalue weighted by Gasteiger charge is 2.61. The molecular formula is C26H31ClN5O13P. The lowest BCUT2D eigenvalue weighted by Gasteiger charge is -2.33. The molecule has 2 aromatic rings. The molecule has 2 saturated heterocycles. The standard InChI is InChI=1S/C26H31ClN5O13P/c1-38-11-8-20(34)42-22-23(43-21(35)9-12-39-2)26(30-31-28,44-24(22)32-10-6-19(33)29-25(32)36)15-41-46(37)40-13-7-18(45-46)16-4-3-5-17(27)14-16/h3-6,10,14,18,22-24H,7-9,11-13,15H2,1-2H3,(H,29,33,36)/t18-,22+,23-,24+,26+,46+/m0/s1. The molecule has 0 spiro atoms. The number of esters is 2. The maximum absolute atomic E-state index is 13.7. The summed E-state index contributed by atoms with van der Waals surface area (Å²) in [6.45, 7) is -1.13. The Kier molecular flexibility index (Phi) is 12.1. The van der Waals surface area contributed by atoms with Crippen molar-refractivity contribution < 1.29 is 51.4 Å². The molecule has 18 nitrogen and oxygen atoms in total. The Morgan fingerprint density at radius 3 is 2.54 bits per heavy atom. The van der Waals surface area contributed by atoms with Crippen molar-refractivity contribution in [1.29, 1.82) is 0 Å². The topological polar surface area (TPSA) is 229 Å².